The molecule has 0 radical (unpaired) electrons. The van der Waals surface area contributed by atoms with Crippen molar-refractivity contribution < 1.29 is 27.4 Å². The van der Waals surface area contributed by atoms with Crippen molar-refractivity contribution in [2.45, 2.75) is 169 Å². The van der Waals surface area contributed by atoms with Crippen molar-refractivity contribution in [2.75, 3.05) is 13.2 Å². The van der Waals surface area contributed by atoms with E-state index in [2.05, 4.69) is 64.3 Å². The first-order chi connectivity index (χ1) is 20.5. The molecule has 45 heavy (non-hydrogen) atoms. The van der Waals surface area contributed by atoms with E-state index in [-0.39, 0.29) is 30.1 Å². The zero-order chi connectivity index (χ0) is 34.3. The minimum atomic E-state index is -4.04. The Morgan fingerprint density at radius 3 is 1.96 bits per heavy atom. The number of benzene rings is 1. The largest absolute Gasteiger partial charge is 0.475 e. The lowest BCUT2D eigenvalue weighted by atomic mass is 9.82. The highest BCUT2D eigenvalue weighted by Gasteiger charge is 2.49. The standard InChI is InChI=1S/C36H66NO6PSi/c1-14-15-16-17-18-19-20-29-21-22-30-24-32(25-31(30)23-29)36(37-28(2)38,27-41-45(12,13)35(9,10)11)26-40-44(39,42-33(3,4)5)43-34(6,7)8/h21-23,32H,14-20,24-27H2,1-13H3,(H,37,38). The number of unbranched alkanes of at least 4 members (excludes halogenated alkanes) is 5. The number of carbonyl (C=O) groups excluding carboxylic acids is 1. The third-order valence-corrected chi connectivity index (χ3v) is 15.4. The van der Waals surface area contributed by atoms with Gasteiger partial charge in [-0.1, -0.05) is 78.0 Å². The van der Waals surface area contributed by atoms with Gasteiger partial charge in [0.2, 0.25) is 5.91 Å². The molecule has 1 N–H and O–H groups in total. The Hall–Kier alpha value is -1.02. The van der Waals surface area contributed by atoms with Crippen LogP contribution < -0.4 is 5.32 Å². The molecule has 2 unspecified atom stereocenters. The van der Waals surface area contributed by atoms with E-state index >= 15 is 0 Å². The highest BCUT2D eigenvalue weighted by atomic mass is 31.2. The van der Waals surface area contributed by atoms with Crippen LogP contribution in [0, 0.1) is 5.92 Å². The molecule has 0 saturated carbocycles. The fourth-order valence-electron chi connectivity index (χ4n) is 5.59. The summed E-state index contributed by atoms with van der Waals surface area (Å²) < 4.78 is 39.2. The summed E-state index contributed by atoms with van der Waals surface area (Å²) in [7, 11) is -6.26. The summed E-state index contributed by atoms with van der Waals surface area (Å²) in [4.78, 5) is 12.9. The zero-order valence-corrected chi connectivity index (χ0v) is 32.9. The molecule has 0 aliphatic heterocycles. The van der Waals surface area contributed by atoms with Crippen LogP contribution in [0.1, 0.15) is 131 Å². The quantitative estimate of drug-likeness (QED) is 0.101. The number of carbonyl (C=O) groups is 1. The molecule has 7 nitrogen and oxygen atoms in total. The van der Waals surface area contributed by atoms with E-state index < -0.39 is 32.9 Å². The van der Waals surface area contributed by atoms with Crippen molar-refractivity contribution in [3.8, 4) is 0 Å². The molecule has 0 aromatic heterocycles. The van der Waals surface area contributed by atoms with E-state index in [1.807, 2.05) is 41.5 Å². The average molecular weight is 668 g/mol. The van der Waals surface area contributed by atoms with Crippen molar-refractivity contribution in [1.82, 2.24) is 5.32 Å². The van der Waals surface area contributed by atoms with Crippen LogP contribution in [0.2, 0.25) is 18.1 Å². The molecule has 1 aliphatic rings. The lowest BCUT2D eigenvalue weighted by Crippen LogP contribution is -2.62. The third kappa shape index (κ3) is 13.2. The van der Waals surface area contributed by atoms with Crippen molar-refractivity contribution in [2.24, 2.45) is 5.92 Å². The molecule has 1 aliphatic carbocycles. The molecule has 0 fully saturated rings. The van der Waals surface area contributed by atoms with E-state index in [4.69, 9.17) is 18.0 Å². The molecule has 2 atom stereocenters. The number of phosphoric acid groups is 1. The van der Waals surface area contributed by atoms with Gasteiger partial charge in [0, 0.05) is 6.92 Å². The summed E-state index contributed by atoms with van der Waals surface area (Å²) in [5, 5.41) is 3.24. The van der Waals surface area contributed by atoms with Gasteiger partial charge in [-0.25, -0.2) is 4.57 Å². The number of rotatable bonds is 17. The lowest BCUT2D eigenvalue weighted by molar-refractivity contribution is -0.123. The summed E-state index contributed by atoms with van der Waals surface area (Å²) in [6.45, 7) is 26.0. The Morgan fingerprint density at radius 2 is 1.42 bits per heavy atom. The zero-order valence-electron chi connectivity index (χ0n) is 31.0. The maximum absolute atomic E-state index is 14.2. The van der Waals surface area contributed by atoms with E-state index in [1.165, 1.54) is 62.1 Å². The molecule has 0 bridgehead atoms. The molecule has 0 heterocycles. The van der Waals surface area contributed by atoms with E-state index in [0.29, 0.717) is 0 Å². The summed E-state index contributed by atoms with van der Waals surface area (Å²) in [5.74, 6) is -0.205. The van der Waals surface area contributed by atoms with Gasteiger partial charge in [0.05, 0.1) is 30.0 Å². The highest BCUT2D eigenvalue weighted by Crippen LogP contribution is 2.56. The number of nitrogens with one attached hydrogen (secondary N) is 1. The third-order valence-electron chi connectivity index (χ3n) is 8.98. The molecule has 9 heteroatoms. The van der Waals surface area contributed by atoms with Crippen LogP contribution in [-0.2, 0) is 46.6 Å². The number of hydrogen-bond acceptors (Lipinski definition) is 6. The fourth-order valence-corrected chi connectivity index (χ4v) is 8.52. The van der Waals surface area contributed by atoms with Crippen LogP contribution in [0.4, 0.5) is 0 Å². The molecule has 0 saturated heterocycles. The topological polar surface area (TPSA) is 83.1 Å². The highest BCUT2D eigenvalue weighted by molar-refractivity contribution is 7.48. The molecule has 0 spiro atoms. The minimum Gasteiger partial charge on any atom is -0.414 e. The van der Waals surface area contributed by atoms with Crippen molar-refractivity contribution in [3.05, 3.63) is 34.9 Å². The first kappa shape index (κ1) is 40.2. The number of fused-ring (bicyclic) bond motifs is 1. The van der Waals surface area contributed by atoms with Gasteiger partial charge in [0.1, 0.15) is 0 Å². The Kier molecular flexibility index (Phi) is 14.2. The van der Waals surface area contributed by atoms with Gasteiger partial charge in [0.15, 0.2) is 8.32 Å². The lowest BCUT2D eigenvalue weighted by Gasteiger charge is -2.44. The van der Waals surface area contributed by atoms with Gasteiger partial charge in [-0.2, -0.15) is 0 Å². The smallest absolute Gasteiger partial charge is 0.414 e. The Labute approximate surface area is 277 Å². The predicted molar refractivity (Wildman–Crippen MR) is 189 cm³/mol. The molecule has 1 aromatic rings. The molecule has 260 valence electrons. The van der Waals surface area contributed by atoms with Crippen LogP contribution in [0.25, 0.3) is 0 Å². The second-order valence-electron chi connectivity index (χ2n) is 16.7. The Bertz CT molecular complexity index is 1130. The van der Waals surface area contributed by atoms with Gasteiger partial charge >= 0.3 is 7.82 Å². The van der Waals surface area contributed by atoms with Crippen LogP contribution in [-0.4, -0.2) is 44.2 Å². The first-order valence-electron chi connectivity index (χ1n) is 17.2. The Balaban J connectivity index is 2.43. The predicted octanol–water partition coefficient (Wildman–Crippen LogP) is 9.96. The maximum Gasteiger partial charge on any atom is 0.475 e. The van der Waals surface area contributed by atoms with Gasteiger partial charge in [-0.3, -0.25) is 18.4 Å². The van der Waals surface area contributed by atoms with Gasteiger partial charge < -0.3 is 9.74 Å². The number of hydrogen-bond donors (Lipinski definition) is 1. The first-order valence-corrected chi connectivity index (χ1v) is 21.6. The van der Waals surface area contributed by atoms with Crippen LogP contribution >= 0.6 is 7.82 Å². The SMILES string of the molecule is CCCCCCCCc1ccc2c(c1)CC(C(CO[Si](C)(C)C(C)(C)C)(COP(=O)(OC(C)(C)C)OC(C)(C)C)NC(C)=O)C2. The number of amides is 1. The number of aryl methyl sites for hydroxylation is 1. The van der Waals surface area contributed by atoms with Crippen molar-refractivity contribution in [3.63, 3.8) is 0 Å². The molecule has 2 rings (SSSR count). The molecule has 1 aromatic carbocycles. The van der Waals surface area contributed by atoms with Gasteiger partial charge in [-0.05, 0) is 108 Å². The molecule has 1 amide bonds. The summed E-state index contributed by atoms with van der Waals surface area (Å²) in [6, 6.07) is 6.87. The van der Waals surface area contributed by atoms with Crippen molar-refractivity contribution >= 4 is 22.0 Å². The minimum absolute atomic E-state index is 0.0248. The summed E-state index contributed by atoms with van der Waals surface area (Å²) in [5.41, 5.74) is 1.47. The average Bonchev–Trinajstić information content (AvgIpc) is 3.29. The van der Waals surface area contributed by atoms with E-state index in [9.17, 15) is 9.36 Å². The van der Waals surface area contributed by atoms with E-state index in [1.54, 1.807) is 0 Å². The molecular weight excluding hydrogens is 601 g/mol. The van der Waals surface area contributed by atoms with Crippen molar-refractivity contribution in [1.29, 1.82) is 0 Å². The fraction of sp³-hybridized carbons (Fsp3) is 0.806. The summed E-state index contributed by atoms with van der Waals surface area (Å²) >= 11 is 0. The Morgan fingerprint density at radius 1 is 0.867 bits per heavy atom. The van der Waals surface area contributed by atoms with Crippen LogP contribution in [0.3, 0.4) is 0 Å². The molecular formula is C36H66NO6PSi. The number of phosphoric ester groups is 1. The van der Waals surface area contributed by atoms with Gasteiger partial charge in [-0.15, -0.1) is 0 Å². The van der Waals surface area contributed by atoms with Crippen LogP contribution in [0.5, 0.6) is 0 Å². The monoisotopic (exact) mass is 667 g/mol. The summed E-state index contributed by atoms with van der Waals surface area (Å²) in [6.07, 6.45) is 10.3. The van der Waals surface area contributed by atoms with Gasteiger partial charge in [0.25, 0.3) is 0 Å². The second kappa shape index (κ2) is 15.9. The van der Waals surface area contributed by atoms with Crippen LogP contribution in [0.15, 0.2) is 18.2 Å². The van der Waals surface area contributed by atoms with E-state index in [0.717, 1.165) is 19.3 Å². The second-order valence-corrected chi connectivity index (χ2v) is 23.1. The maximum atomic E-state index is 14.2. The normalized spacial score (nSPS) is 17.7.